The second kappa shape index (κ2) is 12.1. The van der Waals surface area contributed by atoms with Gasteiger partial charge in [0.15, 0.2) is 10.8 Å². The maximum absolute atomic E-state index is 13.2. The molecule has 5 rings (SSSR count). The van der Waals surface area contributed by atoms with E-state index in [0.717, 1.165) is 16.4 Å². The highest BCUT2D eigenvalue weighted by molar-refractivity contribution is 8.01. The lowest BCUT2D eigenvalue weighted by atomic mass is 10.0. The van der Waals surface area contributed by atoms with Crippen LogP contribution < -0.4 is 11.1 Å². The van der Waals surface area contributed by atoms with E-state index in [1.165, 1.54) is 28.2 Å². The minimum Gasteiger partial charge on any atom is -0.477 e. The summed E-state index contributed by atoms with van der Waals surface area (Å²) in [6.45, 7) is 4.44. The number of ether oxygens (including phenoxy) is 1. The molecule has 1 fully saturated rings. The zero-order valence-corrected chi connectivity index (χ0v) is 25.1. The number of amides is 2. The Morgan fingerprint density at radius 2 is 2.09 bits per heavy atom. The fourth-order valence-electron chi connectivity index (χ4n) is 3.91. The summed E-state index contributed by atoms with van der Waals surface area (Å²) in [6.07, 6.45) is 0. The van der Waals surface area contributed by atoms with Crippen molar-refractivity contribution < 1.29 is 33.9 Å². The Morgan fingerprint density at radius 1 is 1.30 bits per heavy atom. The lowest BCUT2D eigenvalue weighted by molar-refractivity contribution is -0.160. The molecule has 43 heavy (non-hydrogen) atoms. The van der Waals surface area contributed by atoms with E-state index in [0.29, 0.717) is 16.2 Å². The molecule has 0 saturated carbocycles. The van der Waals surface area contributed by atoms with Gasteiger partial charge in [0.1, 0.15) is 27.7 Å². The molecule has 0 bridgehead atoms. The molecule has 18 nitrogen and oxygen atoms in total. The number of carboxylic acids is 1. The van der Waals surface area contributed by atoms with Crippen LogP contribution in [0, 0.1) is 0 Å². The molecule has 1 saturated heterocycles. The molecule has 2 aliphatic rings. The molecule has 0 aliphatic carbocycles. The number of anilines is 1. The number of nitrogen functional groups attached to an aromatic ring is 1. The molecule has 226 valence electrons. The summed E-state index contributed by atoms with van der Waals surface area (Å²) >= 11 is 3.36. The molecule has 21 heteroatoms. The lowest BCUT2D eigenvalue weighted by Gasteiger charge is -2.49. The molecular formula is C22H23N11O7S3. The van der Waals surface area contributed by atoms with Gasteiger partial charge in [-0.2, -0.15) is 9.36 Å². The summed E-state index contributed by atoms with van der Waals surface area (Å²) in [6, 6.07) is 2.31. The minimum absolute atomic E-state index is 0.0473. The molecule has 2 amide bonds. The molecule has 0 spiro atoms. The van der Waals surface area contributed by atoms with Crippen LogP contribution in [0.1, 0.15) is 26.6 Å². The largest absolute Gasteiger partial charge is 0.477 e. The number of esters is 1. The van der Waals surface area contributed by atoms with E-state index in [4.69, 9.17) is 15.3 Å². The lowest BCUT2D eigenvalue weighted by Crippen LogP contribution is -2.71. The summed E-state index contributed by atoms with van der Waals surface area (Å²) in [5.74, 6) is -3.16. The fraction of sp³-hybridized carbons (Fsp3) is 0.409. The Labute approximate surface area is 254 Å². The number of aliphatic carboxylic acids is 1. The van der Waals surface area contributed by atoms with Gasteiger partial charge in [0.05, 0.1) is 0 Å². The van der Waals surface area contributed by atoms with Crippen molar-refractivity contribution >= 4 is 75.3 Å². The Hall–Kier alpha value is -4.37. The third-order valence-corrected chi connectivity index (χ3v) is 8.49. The Bertz CT molecular complexity index is 1670. The topological polar surface area (TPSA) is 242 Å². The molecule has 0 radical (unpaired) electrons. The number of aromatic nitrogens is 7. The number of nitrogens with zero attached hydrogens (tertiary/aromatic N) is 9. The molecule has 0 aromatic carbocycles. The van der Waals surface area contributed by atoms with E-state index in [-0.39, 0.29) is 28.2 Å². The molecule has 3 aromatic heterocycles. The number of nitrogens with two attached hydrogens (primary N) is 1. The van der Waals surface area contributed by atoms with Gasteiger partial charge in [0, 0.05) is 23.0 Å². The number of carboxylic acid groups (broad SMARTS) is 1. The summed E-state index contributed by atoms with van der Waals surface area (Å²) in [5.41, 5.74) is 5.28. The molecule has 5 heterocycles. The second-order valence-corrected chi connectivity index (χ2v) is 12.7. The summed E-state index contributed by atoms with van der Waals surface area (Å²) < 4.78 is 10.4. The van der Waals surface area contributed by atoms with E-state index in [1.807, 2.05) is 0 Å². The second-order valence-electron chi connectivity index (χ2n) is 9.86. The fourth-order valence-corrected chi connectivity index (χ4v) is 6.68. The SMILES string of the molecule is CC(C)(C)OC(=O)CON=C(C(=O)NC1C(=O)N2C(C(=O)O)=C(CSc3ccc4nnnn4n3)CS[C@H]12)c1nsc(N)n1. The van der Waals surface area contributed by atoms with Crippen molar-refractivity contribution in [3.05, 3.63) is 29.2 Å². The first-order chi connectivity index (χ1) is 20.4. The van der Waals surface area contributed by atoms with Crippen LogP contribution in [0.4, 0.5) is 5.13 Å². The number of rotatable bonds is 10. The Balaban J connectivity index is 1.27. The van der Waals surface area contributed by atoms with Gasteiger partial charge in [-0.05, 0) is 48.9 Å². The molecule has 2 atom stereocenters. The molecule has 1 unspecified atom stereocenters. The van der Waals surface area contributed by atoms with Gasteiger partial charge in [-0.3, -0.25) is 14.5 Å². The van der Waals surface area contributed by atoms with Crippen LogP contribution in [0.15, 0.2) is 33.6 Å². The first-order valence-corrected chi connectivity index (χ1v) is 15.1. The first-order valence-electron chi connectivity index (χ1n) is 12.3. The summed E-state index contributed by atoms with van der Waals surface area (Å²) in [5, 5.41) is 31.5. The average molecular weight is 650 g/mol. The predicted octanol–water partition coefficient (Wildman–Crippen LogP) is -0.454. The average Bonchev–Trinajstić information content (AvgIpc) is 3.59. The number of hydrogen-bond acceptors (Lipinski definition) is 17. The Kier molecular flexibility index (Phi) is 8.46. The van der Waals surface area contributed by atoms with Crippen LogP contribution in [0.25, 0.3) is 5.65 Å². The van der Waals surface area contributed by atoms with Crippen molar-refractivity contribution in [2.75, 3.05) is 23.8 Å². The highest BCUT2D eigenvalue weighted by Gasteiger charge is 2.54. The molecular weight excluding hydrogens is 627 g/mol. The Morgan fingerprint density at radius 3 is 2.79 bits per heavy atom. The van der Waals surface area contributed by atoms with Gasteiger partial charge >= 0.3 is 11.9 Å². The predicted molar refractivity (Wildman–Crippen MR) is 152 cm³/mol. The van der Waals surface area contributed by atoms with Crippen LogP contribution in [0.5, 0.6) is 0 Å². The zero-order chi connectivity index (χ0) is 30.9. The van der Waals surface area contributed by atoms with Crippen molar-refractivity contribution in [3.63, 3.8) is 0 Å². The van der Waals surface area contributed by atoms with Crippen LogP contribution >= 0.6 is 35.1 Å². The van der Waals surface area contributed by atoms with Crippen LogP contribution in [0.3, 0.4) is 0 Å². The minimum atomic E-state index is -1.28. The number of carbonyl (C=O) groups excluding carboxylic acids is 3. The van der Waals surface area contributed by atoms with E-state index in [9.17, 15) is 24.3 Å². The zero-order valence-electron chi connectivity index (χ0n) is 22.7. The van der Waals surface area contributed by atoms with Gasteiger partial charge in [0.25, 0.3) is 11.8 Å². The number of tetrazole rings is 1. The molecule has 2 aliphatic heterocycles. The number of nitrogens with one attached hydrogen (secondary N) is 1. The standard InChI is InChI=1S/C22H23N11O7S3/c1-22(2,3)40-12(34)6-39-28-13(16-25-21(23)43-29-16)17(35)24-14-18(36)32-15(20(37)38)9(8-42-19(14)32)7-41-11-5-4-10-26-30-31-33(10)27-11/h4-5,14,19H,6-8H2,1-3H3,(H,24,35)(H,37,38)(H2,23,25,29)/t14?,19-/m1/s1. The first kappa shape index (κ1) is 30.1. The third kappa shape index (κ3) is 6.67. The van der Waals surface area contributed by atoms with Gasteiger partial charge in [-0.15, -0.1) is 38.4 Å². The van der Waals surface area contributed by atoms with E-state index in [2.05, 4.69) is 40.5 Å². The third-order valence-electron chi connectivity index (χ3n) is 5.60. The summed E-state index contributed by atoms with van der Waals surface area (Å²) in [4.78, 5) is 60.7. The van der Waals surface area contributed by atoms with Crippen LogP contribution in [-0.4, -0.2) is 109 Å². The van der Waals surface area contributed by atoms with Crippen molar-refractivity contribution in [3.8, 4) is 0 Å². The van der Waals surface area contributed by atoms with Crippen molar-refractivity contribution in [1.82, 2.24) is 44.8 Å². The van der Waals surface area contributed by atoms with Crippen LogP contribution in [0.2, 0.25) is 0 Å². The number of carbonyl (C=O) groups is 4. The smallest absolute Gasteiger partial charge is 0.352 e. The highest BCUT2D eigenvalue weighted by Crippen LogP contribution is 2.41. The van der Waals surface area contributed by atoms with Gasteiger partial charge in [-0.25, -0.2) is 9.59 Å². The van der Waals surface area contributed by atoms with Gasteiger partial charge in [0.2, 0.25) is 18.1 Å². The van der Waals surface area contributed by atoms with Crippen molar-refractivity contribution in [1.29, 1.82) is 0 Å². The maximum atomic E-state index is 13.2. The van der Waals surface area contributed by atoms with Crippen LogP contribution in [-0.2, 0) is 28.8 Å². The number of fused-ring (bicyclic) bond motifs is 2. The van der Waals surface area contributed by atoms with Crippen molar-refractivity contribution in [2.24, 2.45) is 5.16 Å². The molecule has 4 N–H and O–H groups in total. The number of thioether (sulfide) groups is 2. The van der Waals surface area contributed by atoms with E-state index in [1.54, 1.807) is 32.9 Å². The van der Waals surface area contributed by atoms with Gasteiger partial charge < -0.3 is 25.7 Å². The number of oxime groups is 1. The van der Waals surface area contributed by atoms with E-state index < -0.39 is 53.1 Å². The van der Waals surface area contributed by atoms with E-state index >= 15 is 0 Å². The molecule has 3 aromatic rings. The number of hydrogen-bond donors (Lipinski definition) is 3. The highest BCUT2D eigenvalue weighted by atomic mass is 32.2. The van der Waals surface area contributed by atoms with Crippen molar-refractivity contribution in [2.45, 2.75) is 42.8 Å². The van der Waals surface area contributed by atoms with Gasteiger partial charge in [-0.1, -0.05) is 5.16 Å². The monoisotopic (exact) mass is 649 g/mol. The quantitative estimate of drug-likeness (QED) is 0.0827. The number of β-lactam (4-membered cyclic amide) rings is 1. The summed E-state index contributed by atoms with van der Waals surface area (Å²) in [7, 11) is 0. The normalized spacial score (nSPS) is 18.7. The maximum Gasteiger partial charge on any atom is 0.352 e.